The van der Waals surface area contributed by atoms with Crippen LogP contribution in [-0.4, -0.2) is 29.3 Å². The number of pyridine rings is 1. The van der Waals surface area contributed by atoms with Crippen LogP contribution in [0.25, 0.3) is 0 Å². The summed E-state index contributed by atoms with van der Waals surface area (Å²) in [5.41, 5.74) is 2.06. The van der Waals surface area contributed by atoms with Crippen molar-refractivity contribution in [3.8, 4) is 0 Å². The fraction of sp³-hybridized carbons (Fsp3) is 0.222. The van der Waals surface area contributed by atoms with Gasteiger partial charge in [0.15, 0.2) is 0 Å². The first-order valence-electron chi connectivity index (χ1n) is 8.00. The molecule has 1 aromatic heterocycles. The number of nitrogens with zero attached hydrogens (tertiary/aromatic N) is 1. The highest BCUT2D eigenvalue weighted by Gasteiger charge is 2.30. The summed E-state index contributed by atoms with van der Waals surface area (Å²) in [5, 5.41) is 8.19. The average molecular weight is 338 g/mol. The van der Waals surface area contributed by atoms with Crippen LogP contribution in [0.2, 0.25) is 0 Å². The fourth-order valence-electron chi connectivity index (χ4n) is 2.73. The van der Waals surface area contributed by atoms with Crippen molar-refractivity contribution in [2.45, 2.75) is 18.8 Å². The van der Waals surface area contributed by atoms with Crippen LogP contribution in [0.3, 0.4) is 0 Å². The van der Waals surface area contributed by atoms with Crippen LogP contribution in [0, 0.1) is 0 Å². The van der Waals surface area contributed by atoms with Crippen molar-refractivity contribution in [2.75, 3.05) is 17.2 Å². The Morgan fingerprint density at radius 3 is 2.84 bits per heavy atom. The summed E-state index contributed by atoms with van der Waals surface area (Å²) < 4.78 is 0. The quantitative estimate of drug-likeness (QED) is 0.772. The minimum Gasteiger partial charge on any atom is -0.355 e. The zero-order valence-corrected chi connectivity index (χ0v) is 13.5. The molecule has 1 aliphatic heterocycles. The van der Waals surface area contributed by atoms with Gasteiger partial charge in [-0.15, -0.1) is 0 Å². The highest BCUT2D eigenvalue weighted by Crippen LogP contribution is 2.31. The predicted molar refractivity (Wildman–Crippen MR) is 92.9 cm³/mol. The highest BCUT2D eigenvalue weighted by molar-refractivity contribution is 6.01. The Kier molecular flexibility index (Phi) is 5.03. The van der Waals surface area contributed by atoms with E-state index in [-0.39, 0.29) is 37.1 Å². The van der Waals surface area contributed by atoms with Crippen LogP contribution >= 0.6 is 0 Å². The molecule has 2 aromatic rings. The Balaban J connectivity index is 1.53. The Morgan fingerprint density at radius 2 is 2.04 bits per heavy atom. The van der Waals surface area contributed by atoms with Crippen molar-refractivity contribution >= 4 is 29.1 Å². The number of hydrogen-bond donors (Lipinski definition) is 3. The summed E-state index contributed by atoms with van der Waals surface area (Å²) in [4.78, 5) is 40.0. The van der Waals surface area contributed by atoms with Gasteiger partial charge in [-0.1, -0.05) is 18.2 Å². The van der Waals surface area contributed by atoms with E-state index in [0.29, 0.717) is 11.4 Å². The summed E-state index contributed by atoms with van der Waals surface area (Å²) in [6.45, 7) is 0.200. The van der Waals surface area contributed by atoms with Gasteiger partial charge >= 0.3 is 0 Å². The van der Waals surface area contributed by atoms with Crippen LogP contribution in [0.5, 0.6) is 0 Å². The molecule has 0 radical (unpaired) electrons. The highest BCUT2D eigenvalue weighted by atomic mass is 16.2. The molecule has 128 valence electrons. The number of hydrogen-bond acceptors (Lipinski definition) is 4. The molecule has 0 bridgehead atoms. The van der Waals surface area contributed by atoms with E-state index in [4.69, 9.17) is 0 Å². The van der Waals surface area contributed by atoms with E-state index in [1.165, 1.54) is 0 Å². The van der Waals surface area contributed by atoms with Crippen molar-refractivity contribution in [3.63, 3.8) is 0 Å². The van der Waals surface area contributed by atoms with Crippen LogP contribution in [-0.2, 0) is 14.4 Å². The first kappa shape index (κ1) is 16.6. The van der Waals surface area contributed by atoms with Gasteiger partial charge in [-0.25, -0.2) is 0 Å². The predicted octanol–water partition coefficient (Wildman–Crippen LogP) is 1.65. The number of carbonyl (C=O) groups is 3. The van der Waals surface area contributed by atoms with Crippen LogP contribution in [0.1, 0.15) is 24.3 Å². The summed E-state index contributed by atoms with van der Waals surface area (Å²) >= 11 is 0. The topological polar surface area (TPSA) is 100 Å². The molecule has 7 nitrogen and oxygen atoms in total. The van der Waals surface area contributed by atoms with Gasteiger partial charge in [0.2, 0.25) is 17.7 Å². The van der Waals surface area contributed by atoms with Gasteiger partial charge < -0.3 is 16.0 Å². The lowest BCUT2D eigenvalue weighted by Crippen LogP contribution is -2.36. The molecule has 1 aliphatic rings. The van der Waals surface area contributed by atoms with E-state index in [2.05, 4.69) is 20.9 Å². The first-order chi connectivity index (χ1) is 12.1. The van der Waals surface area contributed by atoms with Gasteiger partial charge in [-0.3, -0.25) is 19.4 Å². The molecule has 0 saturated heterocycles. The zero-order valence-electron chi connectivity index (χ0n) is 13.5. The Morgan fingerprint density at radius 1 is 1.20 bits per heavy atom. The average Bonchev–Trinajstić information content (AvgIpc) is 2.61. The third-order valence-corrected chi connectivity index (χ3v) is 3.91. The van der Waals surface area contributed by atoms with Gasteiger partial charge in [0.25, 0.3) is 0 Å². The lowest BCUT2D eigenvalue weighted by molar-refractivity contribution is -0.126. The SMILES string of the molecule is O=C(CCNC(=O)[C@@H]1CC(=O)Nc2ccccc21)Nc1cccnc1. The molecule has 0 aliphatic carbocycles. The monoisotopic (exact) mass is 338 g/mol. The lowest BCUT2D eigenvalue weighted by atomic mass is 9.90. The van der Waals surface area contributed by atoms with Crippen LogP contribution in [0.4, 0.5) is 11.4 Å². The standard InChI is InChI=1S/C18H18N4O3/c23-16(21-12-4-3-8-19-11-12)7-9-20-18(25)14-10-17(24)22-15-6-2-1-5-13(14)15/h1-6,8,11,14H,7,9-10H2,(H,20,25)(H,21,23)(H,22,24)/t14-/m1/s1. The third kappa shape index (κ3) is 4.20. The Hall–Kier alpha value is -3.22. The molecular weight excluding hydrogens is 320 g/mol. The van der Waals surface area contributed by atoms with Crippen LogP contribution in [0.15, 0.2) is 48.8 Å². The van der Waals surface area contributed by atoms with E-state index < -0.39 is 5.92 Å². The van der Waals surface area contributed by atoms with Gasteiger partial charge in [-0.2, -0.15) is 0 Å². The van der Waals surface area contributed by atoms with Gasteiger partial charge in [-0.05, 0) is 23.8 Å². The summed E-state index contributed by atoms with van der Waals surface area (Å²) in [6.07, 6.45) is 3.41. The summed E-state index contributed by atoms with van der Waals surface area (Å²) in [5.74, 6) is -1.19. The number of carbonyl (C=O) groups excluding carboxylic acids is 3. The molecular formula is C18H18N4O3. The minimum atomic E-state index is -0.536. The van der Waals surface area contributed by atoms with Crippen molar-refractivity contribution in [2.24, 2.45) is 0 Å². The van der Waals surface area contributed by atoms with E-state index in [0.717, 1.165) is 5.56 Å². The smallest absolute Gasteiger partial charge is 0.228 e. The number of fused-ring (bicyclic) bond motifs is 1. The normalized spacial score (nSPS) is 15.7. The molecule has 3 N–H and O–H groups in total. The van der Waals surface area contributed by atoms with Crippen LogP contribution < -0.4 is 16.0 Å². The molecule has 1 aromatic carbocycles. The van der Waals surface area contributed by atoms with E-state index in [1.807, 2.05) is 18.2 Å². The maximum atomic E-state index is 12.4. The molecule has 0 fully saturated rings. The number of nitrogens with one attached hydrogen (secondary N) is 3. The van der Waals surface area contributed by atoms with Crippen molar-refractivity contribution in [3.05, 3.63) is 54.4 Å². The van der Waals surface area contributed by atoms with E-state index >= 15 is 0 Å². The summed E-state index contributed by atoms with van der Waals surface area (Å²) in [7, 11) is 0. The third-order valence-electron chi connectivity index (χ3n) is 3.91. The molecule has 0 unspecified atom stereocenters. The maximum absolute atomic E-state index is 12.4. The zero-order chi connectivity index (χ0) is 17.6. The van der Waals surface area contributed by atoms with Gasteiger partial charge in [0.1, 0.15) is 0 Å². The van der Waals surface area contributed by atoms with E-state index in [9.17, 15) is 14.4 Å². The number of benzene rings is 1. The number of anilines is 2. The molecule has 0 saturated carbocycles. The molecule has 0 spiro atoms. The number of rotatable bonds is 5. The van der Waals surface area contributed by atoms with E-state index in [1.54, 1.807) is 30.6 Å². The fourth-order valence-corrected chi connectivity index (χ4v) is 2.73. The molecule has 2 heterocycles. The number of aromatic nitrogens is 1. The molecule has 3 amide bonds. The van der Waals surface area contributed by atoms with Crippen molar-refractivity contribution < 1.29 is 14.4 Å². The Bertz CT molecular complexity index is 792. The van der Waals surface area contributed by atoms with Gasteiger partial charge in [0.05, 0.1) is 17.8 Å². The number of amides is 3. The second-order valence-electron chi connectivity index (χ2n) is 5.72. The Labute approximate surface area is 144 Å². The molecule has 3 rings (SSSR count). The summed E-state index contributed by atoms with van der Waals surface area (Å²) in [6, 6.07) is 10.7. The van der Waals surface area contributed by atoms with Gasteiger partial charge in [0, 0.05) is 31.3 Å². The molecule has 25 heavy (non-hydrogen) atoms. The first-order valence-corrected chi connectivity index (χ1v) is 8.00. The minimum absolute atomic E-state index is 0.102. The molecule has 7 heteroatoms. The largest absolute Gasteiger partial charge is 0.355 e. The maximum Gasteiger partial charge on any atom is 0.228 e. The second-order valence-corrected chi connectivity index (χ2v) is 5.72. The lowest BCUT2D eigenvalue weighted by Gasteiger charge is -2.24. The number of para-hydroxylation sites is 1. The van der Waals surface area contributed by atoms with Crippen molar-refractivity contribution in [1.29, 1.82) is 0 Å². The van der Waals surface area contributed by atoms with Crippen molar-refractivity contribution in [1.82, 2.24) is 10.3 Å². The second kappa shape index (κ2) is 7.57. The molecule has 1 atom stereocenters.